The van der Waals surface area contributed by atoms with Gasteiger partial charge >= 0.3 is 5.97 Å². The quantitative estimate of drug-likeness (QED) is 0.0199. The number of aliphatic hydroxyl groups is 11. The molecule has 0 aliphatic carbocycles. The lowest BCUT2D eigenvalue weighted by Gasteiger charge is -2.50. The van der Waals surface area contributed by atoms with E-state index in [4.69, 9.17) is 28.4 Å². The number of carbonyl (C=O) groups excluding carboxylic acids is 2. The summed E-state index contributed by atoms with van der Waals surface area (Å²) < 4.78 is 34.8. The highest BCUT2D eigenvalue weighted by atomic mass is 16.8. The Hall–Kier alpha value is -2.79. The van der Waals surface area contributed by atoms with Crippen molar-refractivity contribution in [3.8, 4) is 0 Å². The van der Waals surface area contributed by atoms with E-state index in [9.17, 15) is 75.7 Å². The van der Waals surface area contributed by atoms with E-state index in [0.717, 1.165) is 51.9 Å². The summed E-state index contributed by atoms with van der Waals surface area (Å²) in [7, 11) is 0. The molecule has 0 bridgehead atoms. The van der Waals surface area contributed by atoms with E-state index in [1.165, 1.54) is 205 Å². The molecule has 18 atom stereocenters. The summed E-state index contributed by atoms with van der Waals surface area (Å²) in [6.45, 7) is 2.13. The molecule has 0 aromatic carbocycles. The summed E-state index contributed by atoms with van der Waals surface area (Å²) in [5.74, 6) is -6.14. The number of carboxylic acid groups (broad SMARTS) is 1. The third-order valence-electron chi connectivity index (χ3n) is 19.6. The molecule has 0 aromatic rings. The van der Waals surface area contributed by atoms with Crippen molar-refractivity contribution in [2.24, 2.45) is 0 Å². The fourth-order valence-electron chi connectivity index (χ4n) is 13.5. The van der Waals surface area contributed by atoms with Crippen LogP contribution in [0, 0.1) is 0 Å². The molecule has 3 aliphatic heterocycles. The number of carbonyl (C=O) groups is 3. The molecule has 3 rings (SSSR count). The zero-order valence-electron chi connectivity index (χ0n) is 60.4. The van der Waals surface area contributed by atoms with Gasteiger partial charge in [-0.1, -0.05) is 256 Å². The van der Waals surface area contributed by atoms with Gasteiger partial charge in [0.1, 0.15) is 67.1 Å². The molecular formula is C75H138N2O21. The summed E-state index contributed by atoms with van der Waals surface area (Å²) >= 11 is 0. The molecule has 2 amide bonds. The number of hydrogen-bond acceptors (Lipinski definition) is 20. The molecule has 574 valence electrons. The van der Waals surface area contributed by atoms with Gasteiger partial charge in [0, 0.05) is 19.8 Å². The lowest BCUT2D eigenvalue weighted by Crippen LogP contribution is -2.70. The van der Waals surface area contributed by atoms with E-state index in [1.807, 2.05) is 6.08 Å². The van der Waals surface area contributed by atoms with Crippen molar-refractivity contribution < 1.29 is 104 Å². The van der Waals surface area contributed by atoms with Crippen LogP contribution in [0.3, 0.4) is 0 Å². The van der Waals surface area contributed by atoms with E-state index in [0.29, 0.717) is 12.8 Å². The first kappa shape index (κ1) is 89.4. The predicted molar refractivity (Wildman–Crippen MR) is 375 cm³/mol. The smallest absolute Gasteiger partial charge is 0.364 e. The van der Waals surface area contributed by atoms with Crippen LogP contribution < -0.4 is 10.6 Å². The fourth-order valence-corrected chi connectivity index (χ4v) is 13.5. The molecule has 3 aliphatic rings. The first-order valence-electron chi connectivity index (χ1n) is 38.7. The van der Waals surface area contributed by atoms with Crippen LogP contribution in [-0.4, -0.2) is 215 Å². The van der Waals surface area contributed by atoms with Crippen LogP contribution >= 0.6 is 0 Å². The second kappa shape index (κ2) is 54.8. The first-order chi connectivity index (χ1) is 47.4. The minimum atomic E-state index is -3.08. The summed E-state index contributed by atoms with van der Waals surface area (Å²) in [6.07, 6.45) is 29.8. The number of hydrogen-bond donors (Lipinski definition) is 14. The van der Waals surface area contributed by atoms with Crippen molar-refractivity contribution in [1.29, 1.82) is 0 Å². The average molecular weight is 1400 g/mol. The summed E-state index contributed by atoms with van der Waals surface area (Å²) in [5.41, 5.74) is 0. The van der Waals surface area contributed by atoms with Crippen LogP contribution in [0.15, 0.2) is 24.3 Å². The molecule has 3 saturated heterocycles. The van der Waals surface area contributed by atoms with Gasteiger partial charge in [-0.2, -0.15) is 0 Å². The van der Waals surface area contributed by atoms with Gasteiger partial charge in [-0.3, -0.25) is 9.59 Å². The number of aliphatic hydroxyl groups excluding tert-OH is 11. The monoisotopic (exact) mass is 1400 g/mol. The van der Waals surface area contributed by atoms with E-state index in [2.05, 4.69) is 36.6 Å². The van der Waals surface area contributed by atoms with Gasteiger partial charge in [0.15, 0.2) is 12.6 Å². The van der Waals surface area contributed by atoms with Crippen molar-refractivity contribution in [3.63, 3.8) is 0 Å². The Kier molecular flexibility index (Phi) is 50.0. The van der Waals surface area contributed by atoms with Crippen LogP contribution in [0.1, 0.15) is 297 Å². The molecule has 3 heterocycles. The van der Waals surface area contributed by atoms with Crippen molar-refractivity contribution >= 4 is 17.8 Å². The van der Waals surface area contributed by atoms with Crippen LogP contribution in [0.4, 0.5) is 0 Å². The lowest BCUT2D eigenvalue weighted by atomic mass is 9.88. The molecule has 23 heteroatoms. The number of nitrogens with one attached hydrogen (secondary N) is 2. The minimum absolute atomic E-state index is 0.203. The Bertz CT molecular complexity index is 2060. The van der Waals surface area contributed by atoms with Crippen LogP contribution in [0.2, 0.25) is 0 Å². The van der Waals surface area contributed by atoms with Gasteiger partial charge in [0.25, 0.3) is 5.79 Å². The second-order valence-corrected chi connectivity index (χ2v) is 28.2. The van der Waals surface area contributed by atoms with Crippen molar-refractivity contribution in [1.82, 2.24) is 10.6 Å². The van der Waals surface area contributed by atoms with Crippen LogP contribution in [0.5, 0.6) is 0 Å². The van der Waals surface area contributed by atoms with Crippen molar-refractivity contribution in [3.05, 3.63) is 24.3 Å². The highest BCUT2D eigenvalue weighted by Gasteiger charge is 2.60. The van der Waals surface area contributed by atoms with Crippen molar-refractivity contribution in [2.45, 2.75) is 407 Å². The largest absolute Gasteiger partial charge is 0.477 e. The Balaban J connectivity index is 1.44. The molecule has 18 unspecified atom stereocenters. The predicted octanol–water partition coefficient (Wildman–Crippen LogP) is 9.18. The molecule has 3 fully saturated rings. The Morgan fingerprint density at radius 1 is 0.531 bits per heavy atom. The molecule has 0 aromatic heterocycles. The molecule has 0 saturated carbocycles. The molecule has 0 spiro atoms. The Morgan fingerprint density at radius 3 is 1.39 bits per heavy atom. The molecule has 14 N–H and O–H groups in total. The standard InChI is InChI=1S/C75H138N2O21/c1-4-6-8-10-12-14-16-17-18-19-20-21-22-23-24-25-26-27-28-29-30-31-32-33-34-35-36-37-39-41-43-45-47-49-62(85)77-56(57(82)48-46-44-42-40-38-15-13-11-9-7-5-2)54-93-72-67(89)66(88)69(61(53-80)95-72)96-73-68(90)71(65(87)60(52-79)94-73)98-75(74(91)92)50-58(83)63(76-55(3)81)70(97-75)64(86)59(84)51-78/h23-24,46,48,56-61,63-73,78-80,82-84,86-90H,4-22,25-45,47,49-54H2,1-3H3,(H,76,81)(H,77,85)(H,91,92)/b24-23-,48-46+. The minimum Gasteiger partial charge on any atom is -0.477 e. The van der Waals surface area contributed by atoms with Gasteiger partial charge in [-0.15, -0.1) is 0 Å². The van der Waals surface area contributed by atoms with Gasteiger partial charge in [-0.25, -0.2) is 4.79 Å². The number of amides is 2. The van der Waals surface area contributed by atoms with E-state index in [1.54, 1.807) is 6.08 Å². The maximum Gasteiger partial charge on any atom is 0.364 e. The third-order valence-corrected chi connectivity index (χ3v) is 19.6. The van der Waals surface area contributed by atoms with E-state index < -0.39 is 155 Å². The zero-order valence-corrected chi connectivity index (χ0v) is 60.4. The van der Waals surface area contributed by atoms with Gasteiger partial charge in [-0.05, 0) is 44.9 Å². The van der Waals surface area contributed by atoms with Gasteiger partial charge < -0.3 is 100 Å². The van der Waals surface area contributed by atoms with E-state index >= 15 is 0 Å². The van der Waals surface area contributed by atoms with E-state index in [-0.39, 0.29) is 12.3 Å². The Labute approximate surface area is 587 Å². The molecule has 0 radical (unpaired) electrons. The molecule has 23 nitrogen and oxygen atoms in total. The maximum atomic E-state index is 13.5. The zero-order chi connectivity index (χ0) is 71.8. The third kappa shape index (κ3) is 35.6. The number of rotatable bonds is 60. The normalized spacial score (nSPS) is 27.3. The number of ether oxygens (including phenoxy) is 6. The average Bonchev–Trinajstić information content (AvgIpc) is 0.756. The van der Waals surface area contributed by atoms with Crippen molar-refractivity contribution in [2.75, 3.05) is 26.4 Å². The highest BCUT2D eigenvalue weighted by molar-refractivity contribution is 5.77. The number of aliphatic carboxylic acids is 1. The number of allylic oxidation sites excluding steroid dienone is 3. The van der Waals surface area contributed by atoms with Gasteiger partial charge in [0.2, 0.25) is 11.8 Å². The fraction of sp³-hybridized carbons (Fsp3) is 0.907. The topological polar surface area (TPSA) is 373 Å². The SMILES string of the molecule is CCCCCCCCCCC/C=C/C(O)C(COC1OC(CO)C(OC2OC(CO)C(O)C(OC3(C(=O)O)CC(O)C(NC(C)=O)C(C(O)C(O)CO)O3)C2O)C(O)C1O)NC(=O)CCCCCCCCCCCCCCCCCCC/C=C\CCCCCCCCCCCCCC. The maximum absolute atomic E-state index is 13.5. The van der Waals surface area contributed by atoms with Crippen LogP contribution in [-0.2, 0) is 42.8 Å². The Morgan fingerprint density at radius 2 is 0.959 bits per heavy atom. The number of unbranched alkanes of at least 4 members (excludes halogenated alkanes) is 38. The lowest BCUT2D eigenvalue weighted by molar-refractivity contribution is -0.386. The molecular weight excluding hydrogens is 1260 g/mol. The highest BCUT2D eigenvalue weighted by Crippen LogP contribution is 2.39. The summed E-state index contributed by atoms with van der Waals surface area (Å²) in [4.78, 5) is 38.6. The first-order valence-corrected chi connectivity index (χ1v) is 38.7. The summed E-state index contributed by atoms with van der Waals surface area (Å²) in [5, 5.41) is 136. The summed E-state index contributed by atoms with van der Waals surface area (Å²) in [6, 6.07) is -2.62. The molecule has 98 heavy (non-hydrogen) atoms. The van der Waals surface area contributed by atoms with Gasteiger partial charge in [0.05, 0.1) is 50.7 Å². The number of carboxylic acids is 1. The second-order valence-electron chi connectivity index (χ2n) is 28.2. The van der Waals surface area contributed by atoms with Crippen LogP contribution in [0.25, 0.3) is 0 Å².